The van der Waals surface area contributed by atoms with Crippen LogP contribution in [0.4, 0.5) is 4.79 Å². The highest BCUT2D eigenvalue weighted by Crippen LogP contribution is 2.26. The van der Waals surface area contributed by atoms with Gasteiger partial charge in [-0.25, -0.2) is 9.59 Å². The Morgan fingerprint density at radius 1 is 1.14 bits per heavy atom. The van der Waals surface area contributed by atoms with Crippen LogP contribution in [0.3, 0.4) is 0 Å². The Balaban J connectivity index is 2.99. The third-order valence-electron chi connectivity index (χ3n) is 2.87. The number of rotatable bonds is 4. The molecule has 0 saturated carbocycles. The first-order chi connectivity index (χ1) is 9.56. The van der Waals surface area contributed by atoms with E-state index in [0.29, 0.717) is 5.56 Å². The Labute approximate surface area is 123 Å². The predicted molar refractivity (Wildman–Crippen MR) is 76.8 cm³/mol. The number of aliphatic hydroxyl groups is 1. The summed E-state index contributed by atoms with van der Waals surface area (Å²) in [5.41, 5.74) is -2.27. The number of carboxylic acid groups (broad SMARTS) is 1. The molecule has 0 spiro atoms. The van der Waals surface area contributed by atoms with Gasteiger partial charge in [-0.2, -0.15) is 0 Å². The number of carboxylic acids is 1. The lowest BCUT2D eigenvalue weighted by Gasteiger charge is -2.32. The van der Waals surface area contributed by atoms with Gasteiger partial charge in [0.15, 0.2) is 5.54 Å². The van der Waals surface area contributed by atoms with Crippen molar-refractivity contribution < 1.29 is 24.5 Å². The van der Waals surface area contributed by atoms with E-state index in [9.17, 15) is 19.8 Å². The zero-order valence-electron chi connectivity index (χ0n) is 12.6. The molecular weight excluding hydrogens is 274 g/mol. The van der Waals surface area contributed by atoms with Gasteiger partial charge in [-0.3, -0.25) is 0 Å². The van der Waals surface area contributed by atoms with E-state index in [1.165, 1.54) is 6.92 Å². The van der Waals surface area contributed by atoms with Crippen LogP contribution in [0.5, 0.6) is 0 Å². The van der Waals surface area contributed by atoms with Crippen molar-refractivity contribution in [2.45, 2.75) is 44.9 Å². The van der Waals surface area contributed by atoms with Gasteiger partial charge in [0.2, 0.25) is 0 Å². The molecular formula is C15H21NO5. The summed E-state index contributed by atoms with van der Waals surface area (Å²) >= 11 is 0. The van der Waals surface area contributed by atoms with E-state index in [0.717, 1.165) is 0 Å². The molecule has 0 saturated heterocycles. The minimum atomic E-state index is -1.90. The molecule has 1 amide bonds. The average molecular weight is 295 g/mol. The highest BCUT2D eigenvalue weighted by molar-refractivity contribution is 5.85. The van der Waals surface area contributed by atoms with Crippen LogP contribution in [-0.4, -0.2) is 33.4 Å². The standard InChI is InChI=1S/C15H21NO5/c1-14(2,3)21-13(20)16-15(4,12(18)19)11(17)10-8-6-5-7-9-10/h5-9,11,17H,1-4H3,(H,16,20)(H,18,19)/t11-,15+/m1/s1. The number of carbonyl (C=O) groups is 2. The predicted octanol–water partition coefficient (Wildman–Crippen LogP) is 2.09. The van der Waals surface area contributed by atoms with Gasteiger partial charge in [-0.05, 0) is 33.3 Å². The fourth-order valence-corrected chi connectivity index (χ4v) is 1.72. The van der Waals surface area contributed by atoms with E-state index < -0.39 is 29.3 Å². The maximum Gasteiger partial charge on any atom is 0.408 e. The fourth-order valence-electron chi connectivity index (χ4n) is 1.72. The molecule has 0 bridgehead atoms. The SMILES string of the molecule is CC(C)(C)OC(=O)N[C@](C)(C(=O)O)[C@H](O)c1ccccc1. The molecule has 116 valence electrons. The maximum atomic E-state index is 11.8. The smallest absolute Gasteiger partial charge is 0.408 e. The molecule has 0 aliphatic carbocycles. The van der Waals surface area contributed by atoms with Crippen LogP contribution in [0.15, 0.2) is 30.3 Å². The molecule has 0 aromatic heterocycles. The third kappa shape index (κ3) is 4.46. The minimum Gasteiger partial charge on any atom is -0.479 e. The van der Waals surface area contributed by atoms with Crippen molar-refractivity contribution in [2.75, 3.05) is 0 Å². The topological polar surface area (TPSA) is 95.9 Å². The quantitative estimate of drug-likeness (QED) is 0.790. The Kier molecular flexibility index (Phi) is 4.96. The first-order valence-corrected chi connectivity index (χ1v) is 6.54. The van der Waals surface area contributed by atoms with Gasteiger partial charge < -0.3 is 20.3 Å². The van der Waals surface area contributed by atoms with Crippen LogP contribution in [-0.2, 0) is 9.53 Å². The van der Waals surface area contributed by atoms with Gasteiger partial charge >= 0.3 is 12.1 Å². The number of carbonyl (C=O) groups excluding carboxylic acids is 1. The Morgan fingerprint density at radius 2 is 1.67 bits per heavy atom. The van der Waals surface area contributed by atoms with E-state index in [4.69, 9.17) is 4.74 Å². The Bertz CT molecular complexity index is 509. The van der Waals surface area contributed by atoms with Crippen molar-refractivity contribution in [3.8, 4) is 0 Å². The van der Waals surface area contributed by atoms with Crippen molar-refractivity contribution in [3.63, 3.8) is 0 Å². The summed E-state index contributed by atoms with van der Waals surface area (Å²) in [4.78, 5) is 23.3. The van der Waals surface area contributed by atoms with Crippen LogP contribution >= 0.6 is 0 Å². The molecule has 6 heteroatoms. The summed E-state index contributed by atoms with van der Waals surface area (Å²) in [6, 6.07) is 8.27. The van der Waals surface area contributed by atoms with Gasteiger partial charge in [0.1, 0.15) is 11.7 Å². The van der Waals surface area contributed by atoms with Crippen molar-refractivity contribution in [2.24, 2.45) is 0 Å². The van der Waals surface area contributed by atoms with Crippen LogP contribution in [0.25, 0.3) is 0 Å². The van der Waals surface area contributed by atoms with E-state index in [-0.39, 0.29) is 0 Å². The lowest BCUT2D eigenvalue weighted by Crippen LogP contribution is -2.57. The number of aliphatic carboxylic acids is 1. The van der Waals surface area contributed by atoms with Crippen molar-refractivity contribution in [1.29, 1.82) is 0 Å². The average Bonchev–Trinajstić information content (AvgIpc) is 2.36. The zero-order chi connectivity index (χ0) is 16.3. The van der Waals surface area contributed by atoms with Gasteiger partial charge in [0.25, 0.3) is 0 Å². The van der Waals surface area contributed by atoms with Crippen molar-refractivity contribution in [3.05, 3.63) is 35.9 Å². The van der Waals surface area contributed by atoms with E-state index in [2.05, 4.69) is 5.32 Å². The van der Waals surface area contributed by atoms with E-state index in [1.54, 1.807) is 51.1 Å². The number of amides is 1. The molecule has 2 atom stereocenters. The molecule has 0 aliphatic rings. The van der Waals surface area contributed by atoms with Crippen LogP contribution in [0.1, 0.15) is 39.4 Å². The van der Waals surface area contributed by atoms with Gasteiger partial charge in [-0.1, -0.05) is 30.3 Å². The monoisotopic (exact) mass is 295 g/mol. The molecule has 0 heterocycles. The summed E-state index contributed by atoms with van der Waals surface area (Å²) in [6.07, 6.45) is -2.31. The second-order valence-corrected chi connectivity index (χ2v) is 5.95. The van der Waals surface area contributed by atoms with Gasteiger partial charge in [0.05, 0.1) is 0 Å². The number of ether oxygens (including phenoxy) is 1. The highest BCUT2D eigenvalue weighted by Gasteiger charge is 2.44. The highest BCUT2D eigenvalue weighted by atomic mass is 16.6. The lowest BCUT2D eigenvalue weighted by molar-refractivity contribution is -0.149. The molecule has 0 aliphatic heterocycles. The summed E-state index contributed by atoms with van der Waals surface area (Å²) < 4.78 is 5.05. The number of alkyl carbamates (subject to hydrolysis) is 1. The molecule has 6 nitrogen and oxygen atoms in total. The molecule has 0 fully saturated rings. The Morgan fingerprint density at radius 3 is 2.10 bits per heavy atom. The second kappa shape index (κ2) is 6.13. The zero-order valence-corrected chi connectivity index (χ0v) is 12.6. The molecule has 3 N–H and O–H groups in total. The number of hydrogen-bond donors (Lipinski definition) is 3. The lowest BCUT2D eigenvalue weighted by atomic mass is 9.89. The van der Waals surface area contributed by atoms with Crippen molar-refractivity contribution >= 4 is 12.1 Å². The van der Waals surface area contributed by atoms with Crippen LogP contribution in [0, 0.1) is 0 Å². The maximum absolute atomic E-state index is 11.8. The fraction of sp³-hybridized carbons (Fsp3) is 0.467. The number of benzene rings is 1. The molecule has 0 unspecified atom stereocenters. The Hall–Kier alpha value is -2.08. The first-order valence-electron chi connectivity index (χ1n) is 6.54. The van der Waals surface area contributed by atoms with Crippen LogP contribution < -0.4 is 5.32 Å². The number of aliphatic hydroxyl groups excluding tert-OH is 1. The first kappa shape index (κ1) is 17.0. The third-order valence-corrected chi connectivity index (χ3v) is 2.87. The van der Waals surface area contributed by atoms with Crippen LogP contribution in [0.2, 0.25) is 0 Å². The molecule has 1 aromatic rings. The van der Waals surface area contributed by atoms with Crippen molar-refractivity contribution in [1.82, 2.24) is 5.32 Å². The van der Waals surface area contributed by atoms with Gasteiger partial charge in [-0.15, -0.1) is 0 Å². The normalized spacial score (nSPS) is 15.7. The van der Waals surface area contributed by atoms with Gasteiger partial charge in [0, 0.05) is 0 Å². The number of hydrogen-bond acceptors (Lipinski definition) is 4. The molecule has 21 heavy (non-hydrogen) atoms. The molecule has 1 rings (SSSR count). The second-order valence-electron chi connectivity index (χ2n) is 5.95. The van der Waals surface area contributed by atoms with E-state index >= 15 is 0 Å². The molecule has 0 radical (unpaired) electrons. The minimum absolute atomic E-state index is 0.387. The molecule has 1 aromatic carbocycles. The van der Waals surface area contributed by atoms with E-state index in [1.807, 2.05) is 0 Å². The largest absolute Gasteiger partial charge is 0.479 e. The summed E-state index contributed by atoms with van der Waals surface area (Å²) in [6.45, 7) is 6.23. The summed E-state index contributed by atoms with van der Waals surface area (Å²) in [7, 11) is 0. The summed E-state index contributed by atoms with van der Waals surface area (Å²) in [5, 5.41) is 21.9. The number of nitrogens with one attached hydrogen (secondary N) is 1. The summed E-state index contributed by atoms with van der Waals surface area (Å²) in [5.74, 6) is -1.36.